The van der Waals surface area contributed by atoms with Gasteiger partial charge in [-0.2, -0.15) is 0 Å². The summed E-state index contributed by atoms with van der Waals surface area (Å²) in [6.07, 6.45) is 1.60. The minimum Gasteiger partial charge on any atom is -0.350 e. The van der Waals surface area contributed by atoms with E-state index in [1.165, 1.54) is 0 Å². The summed E-state index contributed by atoms with van der Waals surface area (Å²) in [5.74, 6) is 0.210. The highest BCUT2D eigenvalue weighted by Gasteiger charge is 2.06. The third-order valence-corrected chi connectivity index (χ3v) is 2.84. The van der Waals surface area contributed by atoms with E-state index in [-0.39, 0.29) is 5.91 Å². The first kappa shape index (κ1) is 12.3. The molecule has 1 unspecified atom stereocenters. The van der Waals surface area contributed by atoms with Crippen molar-refractivity contribution in [2.75, 3.05) is 18.6 Å². The number of carbonyl (C=O) groups is 1. The maximum Gasteiger partial charge on any atom is 0.269 e. The highest BCUT2D eigenvalue weighted by molar-refractivity contribution is 9.10. The number of pyridine rings is 1. The second-order valence-electron chi connectivity index (χ2n) is 2.88. The minimum atomic E-state index is -0.887. The smallest absolute Gasteiger partial charge is 0.269 e. The fraction of sp³-hybridized carbons (Fsp3) is 0.333. The molecule has 4 nitrogen and oxygen atoms in total. The third-order valence-electron chi connectivity index (χ3n) is 1.62. The summed E-state index contributed by atoms with van der Waals surface area (Å²) in [7, 11) is -0.887. The molecular formula is C9H11BrN2O2S. The molecule has 1 aromatic heterocycles. The molecule has 0 aliphatic carbocycles. The lowest BCUT2D eigenvalue weighted by Crippen LogP contribution is -2.28. The predicted molar refractivity (Wildman–Crippen MR) is 63.2 cm³/mol. The Bertz CT molecular complexity index is 384. The van der Waals surface area contributed by atoms with Crippen molar-refractivity contribution in [3.63, 3.8) is 0 Å². The van der Waals surface area contributed by atoms with E-state index in [0.717, 1.165) is 0 Å². The van der Waals surface area contributed by atoms with Gasteiger partial charge >= 0.3 is 0 Å². The van der Waals surface area contributed by atoms with Crippen LogP contribution in [0.5, 0.6) is 0 Å². The maximum absolute atomic E-state index is 11.5. The average molecular weight is 291 g/mol. The van der Waals surface area contributed by atoms with Crippen LogP contribution in [0.25, 0.3) is 0 Å². The van der Waals surface area contributed by atoms with Crippen molar-refractivity contribution >= 4 is 32.6 Å². The summed E-state index contributed by atoms with van der Waals surface area (Å²) in [6.45, 7) is 0.399. The fourth-order valence-electron chi connectivity index (χ4n) is 0.934. The Balaban J connectivity index is 2.50. The van der Waals surface area contributed by atoms with Gasteiger partial charge in [0.15, 0.2) is 0 Å². The number of aromatic nitrogens is 1. The number of nitrogens with zero attached hydrogens (tertiary/aromatic N) is 1. The van der Waals surface area contributed by atoms with Crippen LogP contribution in [-0.2, 0) is 10.8 Å². The first-order valence-electron chi connectivity index (χ1n) is 4.30. The van der Waals surface area contributed by atoms with Crippen LogP contribution in [0.15, 0.2) is 22.8 Å². The van der Waals surface area contributed by atoms with E-state index in [1.54, 1.807) is 24.5 Å². The van der Waals surface area contributed by atoms with Gasteiger partial charge in [0.2, 0.25) is 0 Å². The fourth-order valence-corrected chi connectivity index (χ4v) is 1.67. The lowest BCUT2D eigenvalue weighted by atomic mass is 10.3. The van der Waals surface area contributed by atoms with Crippen molar-refractivity contribution in [1.29, 1.82) is 0 Å². The minimum absolute atomic E-state index is 0.248. The van der Waals surface area contributed by atoms with Crippen LogP contribution in [0.1, 0.15) is 10.5 Å². The van der Waals surface area contributed by atoms with E-state index >= 15 is 0 Å². The first-order valence-corrected chi connectivity index (χ1v) is 6.82. The number of halogens is 1. The van der Waals surface area contributed by atoms with Crippen molar-refractivity contribution < 1.29 is 9.00 Å². The number of nitrogens with one attached hydrogen (secondary N) is 1. The molecule has 1 N–H and O–H groups in total. The Morgan fingerprint density at radius 1 is 1.60 bits per heavy atom. The van der Waals surface area contributed by atoms with Crippen LogP contribution >= 0.6 is 15.9 Å². The Hall–Kier alpha value is -0.750. The molecule has 0 radical (unpaired) electrons. The number of rotatable bonds is 4. The highest BCUT2D eigenvalue weighted by Crippen LogP contribution is 2.05. The SMILES string of the molecule is CS(=O)CCNC(=O)c1cccc(Br)n1. The average Bonchev–Trinajstić information content (AvgIpc) is 2.17. The maximum atomic E-state index is 11.5. The summed E-state index contributed by atoms with van der Waals surface area (Å²) in [6, 6.07) is 5.12. The second kappa shape index (κ2) is 5.97. The third kappa shape index (κ3) is 4.53. The number of carbonyl (C=O) groups excluding carboxylic acids is 1. The molecule has 0 aliphatic rings. The Morgan fingerprint density at radius 2 is 2.33 bits per heavy atom. The molecule has 1 amide bonds. The zero-order chi connectivity index (χ0) is 11.3. The van der Waals surface area contributed by atoms with Crippen molar-refractivity contribution in [1.82, 2.24) is 10.3 Å². The second-order valence-corrected chi connectivity index (χ2v) is 5.25. The number of hydrogen-bond donors (Lipinski definition) is 1. The van der Waals surface area contributed by atoms with Gasteiger partial charge in [0.25, 0.3) is 5.91 Å². The van der Waals surface area contributed by atoms with Gasteiger partial charge in [-0.05, 0) is 28.1 Å². The number of amides is 1. The molecule has 82 valence electrons. The van der Waals surface area contributed by atoms with Gasteiger partial charge in [-0.1, -0.05) is 6.07 Å². The van der Waals surface area contributed by atoms with E-state index in [2.05, 4.69) is 26.2 Å². The first-order chi connectivity index (χ1) is 7.09. The van der Waals surface area contributed by atoms with Crippen LogP contribution in [0.2, 0.25) is 0 Å². The summed E-state index contributed by atoms with van der Waals surface area (Å²) in [4.78, 5) is 15.5. The van der Waals surface area contributed by atoms with Crippen LogP contribution < -0.4 is 5.32 Å². The van der Waals surface area contributed by atoms with E-state index < -0.39 is 10.8 Å². The molecule has 0 bridgehead atoms. The van der Waals surface area contributed by atoms with Crippen LogP contribution in [0.3, 0.4) is 0 Å². The van der Waals surface area contributed by atoms with Crippen LogP contribution in [0, 0.1) is 0 Å². The molecular weight excluding hydrogens is 280 g/mol. The van der Waals surface area contributed by atoms with Crippen molar-refractivity contribution in [3.05, 3.63) is 28.5 Å². The molecule has 0 aromatic carbocycles. The van der Waals surface area contributed by atoms with Gasteiger partial charge < -0.3 is 5.32 Å². The van der Waals surface area contributed by atoms with Crippen molar-refractivity contribution in [2.45, 2.75) is 0 Å². The van der Waals surface area contributed by atoms with Gasteiger partial charge in [0, 0.05) is 29.4 Å². The summed E-state index contributed by atoms with van der Waals surface area (Å²) in [5, 5.41) is 2.64. The molecule has 6 heteroatoms. The van der Waals surface area contributed by atoms with Crippen molar-refractivity contribution in [3.8, 4) is 0 Å². The quantitative estimate of drug-likeness (QED) is 0.840. The van der Waals surface area contributed by atoms with Gasteiger partial charge in [0.1, 0.15) is 10.3 Å². The Morgan fingerprint density at radius 3 is 2.93 bits per heavy atom. The van der Waals surface area contributed by atoms with Gasteiger partial charge in [-0.15, -0.1) is 0 Å². The molecule has 15 heavy (non-hydrogen) atoms. The summed E-state index contributed by atoms with van der Waals surface area (Å²) >= 11 is 3.18. The van der Waals surface area contributed by atoms with E-state index in [1.807, 2.05) is 0 Å². The van der Waals surface area contributed by atoms with Gasteiger partial charge in [0.05, 0.1) is 0 Å². The van der Waals surface area contributed by atoms with Gasteiger partial charge in [-0.25, -0.2) is 4.98 Å². The zero-order valence-corrected chi connectivity index (χ0v) is 10.6. The van der Waals surface area contributed by atoms with Crippen molar-refractivity contribution in [2.24, 2.45) is 0 Å². The molecule has 1 heterocycles. The summed E-state index contributed by atoms with van der Waals surface area (Å²) < 4.78 is 11.4. The molecule has 1 atom stereocenters. The standard InChI is InChI=1S/C9H11BrN2O2S/c1-15(14)6-5-11-9(13)7-3-2-4-8(10)12-7/h2-4H,5-6H2,1H3,(H,11,13). The van der Waals surface area contributed by atoms with E-state index in [9.17, 15) is 9.00 Å². The lowest BCUT2D eigenvalue weighted by Gasteiger charge is -2.03. The molecule has 0 fully saturated rings. The Labute approximate surface area is 99.1 Å². The van der Waals surface area contributed by atoms with E-state index in [0.29, 0.717) is 22.6 Å². The normalized spacial score (nSPS) is 12.1. The zero-order valence-electron chi connectivity index (χ0n) is 8.20. The molecule has 0 saturated carbocycles. The Kier molecular flexibility index (Phi) is 4.90. The molecule has 1 rings (SSSR count). The van der Waals surface area contributed by atoms with Crippen LogP contribution in [0.4, 0.5) is 0 Å². The molecule has 0 aliphatic heterocycles. The highest BCUT2D eigenvalue weighted by atomic mass is 79.9. The monoisotopic (exact) mass is 290 g/mol. The largest absolute Gasteiger partial charge is 0.350 e. The van der Waals surface area contributed by atoms with E-state index in [4.69, 9.17) is 0 Å². The topological polar surface area (TPSA) is 59.1 Å². The molecule has 1 aromatic rings. The lowest BCUT2D eigenvalue weighted by molar-refractivity contribution is 0.0951. The predicted octanol–water partition coefficient (Wildman–Crippen LogP) is 0.952. The molecule has 0 saturated heterocycles. The molecule has 0 spiro atoms. The number of hydrogen-bond acceptors (Lipinski definition) is 3. The van der Waals surface area contributed by atoms with Gasteiger partial charge in [-0.3, -0.25) is 9.00 Å². The van der Waals surface area contributed by atoms with Crippen LogP contribution in [-0.4, -0.2) is 33.7 Å². The summed E-state index contributed by atoms with van der Waals surface area (Å²) in [5.41, 5.74) is 0.353.